The lowest BCUT2D eigenvalue weighted by molar-refractivity contribution is -0.121. The molecule has 1 aromatic rings. The molecule has 3 heterocycles. The number of hydrogen-bond donors (Lipinski definition) is 1. The number of ether oxygens (including phenoxy) is 2. The van der Waals surface area contributed by atoms with Gasteiger partial charge in [-0.1, -0.05) is 25.6 Å². The van der Waals surface area contributed by atoms with Gasteiger partial charge in [-0.05, 0) is 18.4 Å². The first-order valence-electron chi connectivity index (χ1n) is 9.45. The molecule has 1 fully saturated rings. The van der Waals surface area contributed by atoms with Gasteiger partial charge in [0.1, 0.15) is 10.3 Å². The van der Waals surface area contributed by atoms with Crippen molar-refractivity contribution in [2.24, 2.45) is 4.99 Å². The number of amidine groups is 1. The fraction of sp³-hybridized carbons (Fsp3) is 0.579. The highest BCUT2D eigenvalue weighted by Crippen LogP contribution is 2.38. The molecule has 1 aromatic heterocycles. The molecule has 2 aliphatic rings. The lowest BCUT2D eigenvalue weighted by atomic mass is 10.1. The number of nitrogens with zero attached hydrogens (tertiary/aromatic N) is 2. The van der Waals surface area contributed by atoms with Crippen molar-refractivity contribution in [1.29, 1.82) is 0 Å². The van der Waals surface area contributed by atoms with Crippen LogP contribution in [-0.2, 0) is 19.1 Å². The number of hydrogen-bond acceptors (Lipinski definition) is 8. The zero-order valence-corrected chi connectivity index (χ0v) is 18.6. The molecule has 0 radical (unpaired) electrons. The average molecular weight is 440 g/mol. The van der Waals surface area contributed by atoms with Gasteiger partial charge in [-0.25, -0.2) is 4.79 Å². The van der Waals surface area contributed by atoms with Crippen LogP contribution in [0.4, 0.5) is 5.00 Å². The number of rotatable bonds is 5. The Labute approximate surface area is 178 Å². The number of carbonyl (C=O) groups excluding carboxylic acids is 3. The third-order valence-corrected chi connectivity index (χ3v) is 7.45. The summed E-state index contributed by atoms with van der Waals surface area (Å²) in [6.07, 6.45) is -0.00455. The molecule has 1 atom stereocenters. The SMILES string of the molecule is COC(=O)c1c(NC(=O)C[C@H]2SC(N3CCOCC3)=NC2=O)sc(C(C)C)c1C. The lowest BCUT2D eigenvalue weighted by Gasteiger charge is -2.27. The summed E-state index contributed by atoms with van der Waals surface area (Å²) < 4.78 is 10.2. The van der Waals surface area contributed by atoms with Gasteiger partial charge in [0.2, 0.25) is 5.91 Å². The Morgan fingerprint density at radius 2 is 2.03 bits per heavy atom. The molecule has 1 N–H and O–H groups in total. The Hall–Kier alpha value is -1.91. The molecule has 158 valence electrons. The second-order valence-electron chi connectivity index (χ2n) is 7.13. The molecular formula is C19H25N3O5S2. The topological polar surface area (TPSA) is 97.3 Å². The predicted octanol–water partition coefficient (Wildman–Crippen LogP) is 2.63. The standard InChI is InChI=1S/C19H25N3O5S2/c1-10(2)15-11(3)14(18(25)26-4)17(29-15)20-13(23)9-12-16(24)21-19(28-12)22-5-7-27-8-6-22/h10,12H,5-9H2,1-4H3,(H,20,23)/t12-/m1/s1. The van der Waals surface area contributed by atoms with Gasteiger partial charge >= 0.3 is 5.97 Å². The summed E-state index contributed by atoms with van der Waals surface area (Å²) >= 11 is 2.69. The third kappa shape index (κ3) is 4.81. The van der Waals surface area contributed by atoms with Crippen LogP contribution in [0.2, 0.25) is 0 Å². The number of morpholine rings is 1. The highest BCUT2D eigenvalue weighted by Gasteiger charge is 2.34. The maximum absolute atomic E-state index is 12.6. The van der Waals surface area contributed by atoms with Gasteiger partial charge in [0.15, 0.2) is 5.17 Å². The zero-order chi connectivity index (χ0) is 21.1. The maximum atomic E-state index is 12.6. The van der Waals surface area contributed by atoms with E-state index in [4.69, 9.17) is 9.47 Å². The van der Waals surface area contributed by atoms with E-state index in [0.29, 0.717) is 42.0 Å². The minimum absolute atomic E-state index is 0.00455. The molecule has 0 spiro atoms. The molecule has 8 nitrogen and oxygen atoms in total. The Kier molecular flexibility index (Phi) is 6.97. The van der Waals surface area contributed by atoms with Gasteiger partial charge in [0, 0.05) is 24.4 Å². The van der Waals surface area contributed by atoms with E-state index in [1.165, 1.54) is 30.2 Å². The Morgan fingerprint density at radius 1 is 1.34 bits per heavy atom. The number of thiophene rings is 1. The summed E-state index contributed by atoms with van der Waals surface area (Å²) in [7, 11) is 1.32. The van der Waals surface area contributed by atoms with Crippen LogP contribution in [0.1, 0.15) is 47.0 Å². The number of methoxy groups -OCH3 is 1. The van der Waals surface area contributed by atoms with E-state index in [-0.39, 0.29) is 24.2 Å². The van der Waals surface area contributed by atoms with E-state index < -0.39 is 11.2 Å². The number of esters is 1. The minimum atomic E-state index is -0.556. The maximum Gasteiger partial charge on any atom is 0.341 e. The number of amides is 2. The van der Waals surface area contributed by atoms with E-state index >= 15 is 0 Å². The predicted molar refractivity (Wildman–Crippen MR) is 114 cm³/mol. The summed E-state index contributed by atoms with van der Waals surface area (Å²) in [6.45, 7) is 8.50. The number of carbonyl (C=O) groups is 3. The molecule has 29 heavy (non-hydrogen) atoms. The summed E-state index contributed by atoms with van der Waals surface area (Å²) in [6, 6.07) is 0. The second-order valence-corrected chi connectivity index (χ2v) is 9.35. The molecule has 3 rings (SSSR count). The lowest BCUT2D eigenvalue weighted by Crippen LogP contribution is -2.39. The monoisotopic (exact) mass is 439 g/mol. The van der Waals surface area contributed by atoms with Crippen molar-refractivity contribution in [3.8, 4) is 0 Å². The molecule has 10 heteroatoms. The summed E-state index contributed by atoms with van der Waals surface area (Å²) in [4.78, 5) is 44.3. The Morgan fingerprint density at radius 3 is 2.66 bits per heavy atom. The van der Waals surface area contributed by atoms with Crippen LogP contribution in [0.3, 0.4) is 0 Å². The second kappa shape index (κ2) is 9.27. The first-order valence-corrected chi connectivity index (χ1v) is 11.1. The van der Waals surface area contributed by atoms with Gasteiger partial charge in [0.25, 0.3) is 5.91 Å². The first-order chi connectivity index (χ1) is 13.8. The van der Waals surface area contributed by atoms with Crippen LogP contribution >= 0.6 is 23.1 Å². The molecule has 0 unspecified atom stereocenters. The quantitative estimate of drug-likeness (QED) is 0.705. The minimum Gasteiger partial charge on any atom is -0.465 e. The van der Waals surface area contributed by atoms with E-state index in [0.717, 1.165) is 10.4 Å². The summed E-state index contributed by atoms with van der Waals surface area (Å²) in [5.41, 5.74) is 1.20. The van der Waals surface area contributed by atoms with Crippen LogP contribution in [0.25, 0.3) is 0 Å². The van der Waals surface area contributed by atoms with Crippen LogP contribution < -0.4 is 5.32 Å². The van der Waals surface area contributed by atoms with Crippen molar-refractivity contribution in [1.82, 2.24) is 4.90 Å². The van der Waals surface area contributed by atoms with Crippen molar-refractivity contribution in [3.05, 3.63) is 16.0 Å². The van der Waals surface area contributed by atoms with Crippen LogP contribution in [0.15, 0.2) is 4.99 Å². The molecule has 0 aliphatic carbocycles. The molecular weight excluding hydrogens is 414 g/mol. The largest absolute Gasteiger partial charge is 0.465 e. The fourth-order valence-corrected chi connectivity index (χ4v) is 5.59. The van der Waals surface area contributed by atoms with Crippen molar-refractivity contribution in [3.63, 3.8) is 0 Å². The van der Waals surface area contributed by atoms with Gasteiger partial charge < -0.3 is 19.7 Å². The molecule has 0 saturated carbocycles. The highest BCUT2D eigenvalue weighted by atomic mass is 32.2. The number of nitrogens with one attached hydrogen (secondary N) is 1. The normalized spacial score (nSPS) is 19.5. The zero-order valence-electron chi connectivity index (χ0n) is 16.9. The fourth-order valence-electron chi connectivity index (χ4n) is 3.26. The first kappa shape index (κ1) is 21.8. The van der Waals surface area contributed by atoms with E-state index in [1.54, 1.807) is 0 Å². The Bertz CT molecular complexity index is 843. The van der Waals surface area contributed by atoms with Gasteiger partial charge in [-0.2, -0.15) is 4.99 Å². The van der Waals surface area contributed by atoms with Gasteiger partial charge in [-0.3, -0.25) is 9.59 Å². The summed E-state index contributed by atoms with van der Waals surface area (Å²) in [5.74, 6) is -0.892. The number of anilines is 1. The highest BCUT2D eigenvalue weighted by molar-refractivity contribution is 8.15. The molecule has 2 aliphatic heterocycles. The molecule has 0 bridgehead atoms. The van der Waals surface area contributed by atoms with E-state index in [1.807, 2.05) is 25.7 Å². The van der Waals surface area contributed by atoms with Gasteiger partial charge in [-0.15, -0.1) is 11.3 Å². The van der Waals surface area contributed by atoms with Crippen molar-refractivity contribution in [2.75, 3.05) is 38.7 Å². The number of thioether (sulfide) groups is 1. The summed E-state index contributed by atoms with van der Waals surface area (Å²) in [5, 5.41) is 3.38. The van der Waals surface area contributed by atoms with E-state index in [2.05, 4.69) is 10.3 Å². The van der Waals surface area contributed by atoms with Crippen LogP contribution in [-0.4, -0.2) is 66.5 Å². The number of aliphatic imine (C=N–C) groups is 1. The van der Waals surface area contributed by atoms with Crippen molar-refractivity contribution in [2.45, 2.75) is 38.4 Å². The van der Waals surface area contributed by atoms with E-state index in [9.17, 15) is 14.4 Å². The molecule has 2 amide bonds. The van der Waals surface area contributed by atoms with Crippen LogP contribution in [0.5, 0.6) is 0 Å². The van der Waals surface area contributed by atoms with Crippen molar-refractivity contribution >= 4 is 51.1 Å². The van der Waals surface area contributed by atoms with Crippen molar-refractivity contribution < 1.29 is 23.9 Å². The third-order valence-electron chi connectivity index (χ3n) is 4.73. The smallest absolute Gasteiger partial charge is 0.341 e. The van der Waals surface area contributed by atoms with Crippen LogP contribution in [0, 0.1) is 6.92 Å². The molecule has 0 aromatic carbocycles. The molecule has 1 saturated heterocycles. The van der Waals surface area contributed by atoms with Gasteiger partial charge in [0.05, 0.1) is 25.9 Å². The average Bonchev–Trinajstić information content (AvgIpc) is 3.22. The Balaban J connectivity index is 1.67.